The van der Waals surface area contributed by atoms with Crippen molar-refractivity contribution < 1.29 is 22.4 Å². The van der Waals surface area contributed by atoms with Crippen LogP contribution in [0.3, 0.4) is 0 Å². The molecule has 10 nitrogen and oxygen atoms in total. The Kier molecular flexibility index (Phi) is 6.03. The zero-order chi connectivity index (χ0) is 24.5. The van der Waals surface area contributed by atoms with Gasteiger partial charge in [0, 0.05) is 22.5 Å². The number of nitrogens with one attached hydrogen (secondary N) is 2. The Hall–Kier alpha value is -4.25. The molecule has 174 valence electrons. The van der Waals surface area contributed by atoms with E-state index in [0.29, 0.717) is 22.5 Å². The summed E-state index contributed by atoms with van der Waals surface area (Å²) in [6, 6.07) is 13.6. The fraction of sp³-hybridized carbons (Fsp3) is 0.130. The number of ether oxygens (including phenoxy) is 1. The van der Waals surface area contributed by atoms with Crippen molar-refractivity contribution in [3.05, 3.63) is 82.0 Å². The molecule has 2 heterocycles. The molecule has 2 aromatic carbocycles. The highest BCUT2D eigenvalue weighted by Gasteiger charge is 2.18. The van der Waals surface area contributed by atoms with Gasteiger partial charge in [-0.15, -0.1) is 0 Å². The van der Waals surface area contributed by atoms with Gasteiger partial charge in [0.15, 0.2) is 11.3 Å². The minimum absolute atomic E-state index is 0.0328. The van der Waals surface area contributed by atoms with Crippen molar-refractivity contribution in [1.29, 1.82) is 0 Å². The zero-order valence-corrected chi connectivity index (χ0v) is 19.3. The quantitative estimate of drug-likeness (QED) is 0.401. The lowest BCUT2D eigenvalue weighted by atomic mass is 10.1. The number of anilines is 2. The van der Waals surface area contributed by atoms with Gasteiger partial charge < -0.3 is 14.5 Å². The number of benzene rings is 2. The highest BCUT2D eigenvalue weighted by molar-refractivity contribution is 7.92. The number of carbonyl (C=O) groups excluding carboxylic acids is 1. The number of aryl methyl sites for hydroxylation is 2. The molecule has 0 spiro atoms. The number of hydrogen-bond donors (Lipinski definition) is 2. The summed E-state index contributed by atoms with van der Waals surface area (Å²) in [5, 5.41) is 3.08. The highest BCUT2D eigenvalue weighted by atomic mass is 32.2. The molecular formula is C23H20N4O6S. The number of nitrogens with zero attached hydrogens (tertiary/aromatic N) is 2. The minimum atomic E-state index is -3.95. The molecule has 2 N–H and O–H groups in total. The molecule has 0 radical (unpaired) electrons. The van der Waals surface area contributed by atoms with Gasteiger partial charge in [0.1, 0.15) is 5.56 Å². The molecule has 0 bridgehead atoms. The Labute approximate surface area is 194 Å². The smallest absolute Gasteiger partial charge is 0.349 e. The van der Waals surface area contributed by atoms with Gasteiger partial charge in [-0.25, -0.2) is 27.9 Å². The number of rotatable bonds is 6. The second kappa shape index (κ2) is 8.94. The lowest BCUT2D eigenvalue weighted by molar-refractivity contribution is 0.102. The number of sulfonamides is 1. The first kappa shape index (κ1) is 22.9. The van der Waals surface area contributed by atoms with Gasteiger partial charge in [-0.3, -0.25) is 4.79 Å². The second-order valence-corrected chi connectivity index (χ2v) is 9.07. The molecule has 11 heteroatoms. The predicted octanol–water partition coefficient (Wildman–Crippen LogP) is 3.26. The summed E-state index contributed by atoms with van der Waals surface area (Å²) in [5.74, 6) is -0.358. The summed E-state index contributed by atoms with van der Waals surface area (Å²) in [4.78, 5) is 33.1. The van der Waals surface area contributed by atoms with E-state index in [4.69, 9.17) is 9.15 Å². The Morgan fingerprint density at radius 3 is 2.32 bits per heavy atom. The van der Waals surface area contributed by atoms with Gasteiger partial charge in [0.05, 0.1) is 12.0 Å². The van der Waals surface area contributed by atoms with E-state index >= 15 is 0 Å². The summed E-state index contributed by atoms with van der Waals surface area (Å²) in [6.45, 7) is 3.47. The second-order valence-electron chi connectivity index (χ2n) is 7.38. The van der Waals surface area contributed by atoms with E-state index in [9.17, 15) is 18.0 Å². The summed E-state index contributed by atoms with van der Waals surface area (Å²) in [5.41, 5.74) is 0.746. The Balaban J connectivity index is 1.54. The van der Waals surface area contributed by atoms with Crippen molar-refractivity contribution in [2.45, 2.75) is 18.7 Å². The molecule has 0 aliphatic heterocycles. The maximum atomic E-state index is 12.7. The topological polar surface area (TPSA) is 140 Å². The lowest BCUT2D eigenvalue weighted by Gasteiger charge is -2.10. The third-order valence-corrected chi connectivity index (χ3v) is 6.16. The SMILES string of the molecule is COc1cccc2cc(C(=O)Nc3ccc(S(=O)(=O)Nc4nc(C)cc(C)n4)cc3)c(=O)oc12. The maximum absolute atomic E-state index is 12.7. The van der Waals surface area contributed by atoms with Crippen molar-refractivity contribution in [1.82, 2.24) is 9.97 Å². The average molecular weight is 481 g/mol. The van der Waals surface area contributed by atoms with E-state index in [2.05, 4.69) is 20.0 Å². The monoisotopic (exact) mass is 480 g/mol. The lowest BCUT2D eigenvalue weighted by Crippen LogP contribution is -2.21. The third kappa shape index (κ3) is 4.74. The molecule has 0 saturated carbocycles. The Morgan fingerprint density at radius 1 is 1.00 bits per heavy atom. The van der Waals surface area contributed by atoms with Crippen molar-refractivity contribution >= 4 is 38.5 Å². The molecule has 0 aliphatic carbocycles. The van der Waals surface area contributed by atoms with Crippen LogP contribution >= 0.6 is 0 Å². The van der Waals surface area contributed by atoms with E-state index in [1.165, 1.54) is 37.4 Å². The van der Waals surface area contributed by atoms with Crippen LogP contribution < -0.4 is 20.4 Å². The maximum Gasteiger partial charge on any atom is 0.349 e. The van der Waals surface area contributed by atoms with Gasteiger partial charge in [-0.05, 0) is 56.3 Å². The summed E-state index contributed by atoms with van der Waals surface area (Å²) in [6.07, 6.45) is 0. The van der Waals surface area contributed by atoms with Crippen molar-refractivity contribution in [3.8, 4) is 5.75 Å². The first-order chi connectivity index (χ1) is 16.2. The molecule has 0 fully saturated rings. The van der Waals surface area contributed by atoms with Crippen LogP contribution in [0, 0.1) is 13.8 Å². The van der Waals surface area contributed by atoms with Crippen molar-refractivity contribution in [2.75, 3.05) is 17.1 Å². The molecule has 0 atom stereocenters. The molecule has 34 heavy (non-hydrogen) atoms. The Morgan fingerprint density at radius 2 is 1.68 bits per heavy atom. The van der Waals surface area contributed by atoms with Crippen LogP contribution in [0.5, 0.6) is 5.75 Å². The van der Waals surface area contributed by atoms with Crippen LogP contribution in [0.25, 0.3) is 11.0 Å². The normalized spacial score (nSPS) is 11.3. The fourth-order valence-electron chi connectivity index (χ4n) is 3.30. The van der Waals surface area contributed by atoms with Gasteiger partial charge in [0.25, 0.3) is 15.9 Å². The van der Waals surface area contributed by atoms with Crippen molar-refractivity contribution in [3.63, 3.8) is 0 Å². The number of amides is 1. The van der Waals surface area contributed by atoms with E-state index in [0.717, 1.165) is 0 Å². The molecule has 0 unspecified atom stereocenters. The van der Waals surface area contributed by atoms with Crippen LogP contribution in [-0.4, -0.2) is 31.4 Å². The summed E-state index contributed by atoms with van der Waals surface area (Å²) < 4.78 is 38.1. The van der Waals surface area contributed by atoms with Gasteiger partial charge in [-0.2, -0.15) is 0 Å². The number of hydrogen-bond acceptors (Lipinski definition) is 8. The largest absolute Gasteiger partial charge is 0.493 e. The van der Waals surface area contributed by atoms with Crippen LogP contribution in [0.1, 0.15) is 21.7 Å². The average Bonchev–Trinajstić information content (AvgIpc) is 2.77. The van der Waals surface area contributed by atoms with Gasteiger partial charge in [0.2, 0.25) is 5.95 Å². The molecule has 1 amide bonds. The van der Waals surface area contributed by atoms with Crippen LogP contribution in [0.15, 0.2) is 68.7 Å². The van der Waals surface area contributed by atoms with Crippen LogP contribution in [-0.2, 0) is 10.0 Å². The number of carbonyl (C=O) groups is 1. The Bertz CT molecular complexity index is 1540. The number of fused-ring (bicyclic) bond motifs is 1. The van der Waals surface area contributed by atoms with Crippen LogP contribution in [0.2, 0.25) is 0 Å². The number of aromatic nitrogens is 2. The predicted molar refractivity (Wildman–Crippen MR) is 126 cm³/mol. The first-order valence-electron chi connectivity index (χ1n) is 10.0. The van der Waals surface area contributed by atoms with Crippen LogP contribution in [0.4, 0.5) is 11.6 Å². The van der Waals surface area contributed by atoms with Gasteiger partial charge in [-0.1, -0.05) is 12.1 Å². The van der Waals surface area contributed by atoms with E-state index in [1.54, 1.807) is 38.1 Å². The molecular weight excluding hydrogens is 460 g/mol. The van der Waals surface area contributed by atoms with Gasteiger partial charge >= 0.3 is 5.63 Å². The standard InChI is InChI=1S/C23H20N4O6S/c1-13-11-14(2)25-23(24-13)27-34(30,31)17-9-7-16(8-10-17)26-21(28)18-12-15-5-4-6-19(32-3)20(15)33-22(18)29/h4-12H,1-3H3,(H,26,28)(H,24,25,27). The molecule has 0 saturated heterocycles. The van der Waals surface area contributed by atoms with E-state index in [-0.39, 0.29) is 27.7 Å². The fourth-order valence-corrected chi connectivity index (χ4v) is 4.25. The molecule has 0 aliphatic rings. The molecule has 4 aromatic rings. The zero-order valence-electron chi connectivity index (χ0n) is 18.4. The van der Waals surface area contributed by atoms with Crippen molar-refractivity contribution in [2.24, 2.45) is 0 Å². The number of methoxy groups -OCH3 is 1. The molecule has 2 aromatic heterocycles. The summed E-state index contributed by atoms with van der Waals surface area (Å²) in [7, 11) is -2.50. The van der Waals surface area contributed by atoms with E-state index in [1.807, 2.05) is 0 Å². The highest BCUT2D eigenvalue weighted by Crippen LogP contribution is 2.25. The summed E-state index contributed by atoms with van der Waals surface area (Å²) >= 11 is 0. The first-order valence-corrected chi connectivity index (χ1v) is 11.5. The van der Waals surface area contributed by atoms with E-state index < -0.39 is 21.6 Å². The third-order valence-electron chi connectivity index (χ3n) is 4.82. The minimum Gasteiger partial charge on any atom is -0.493 e. The molecule has 4 rings (SSSR count). The number of para-hydroxylation sites is 1.